The number of nitrogens with two attached hydrogens (primary N) is 4. The maximum absolute atomic E-state index is 12.7. The van der Waals surface area contributed by atoms with Gasteiger partial charge >= 0.3 is 0 Å². The molecule has 0 radical (unpaired) electrons. The van der Waals surface area contributed by atoms with Crippen LogP contribution in [0.3, 0.4) is 0 Å². The van der Waals surface area contributed by atoms with Gasteiger partial charge in [-0.1, -0.05) is 190 Å². The molecule has 0 saturated carbocycles. The summed E-state index contributed by atoms with van der Waals surface area (Å²) in [6.07, 6.45) is 16.1. The first-order valence-corrected chi connectivity index (χ1v) is 61.9. The average Bonchev–Trinajstić information content (AvgIpc) is 1.59. The van der Waals surface area contributed by atoms with E-state index in [1.165, 1.54) is 82.2 Å². The van der Waals surface area contributed by atoms with E-state index in [1.807, 2.05) is 194 Å². The number of aromatic nitrogens is 11. The van der Waals surface area contributed by atoms with Crippen molar-refractivity contribution in [1.82, 2.24) is 54.8 Å². The highest BCUT2D eigenvalue weighted by atomic mass is 32.2. The average molecular weight is 2190 g/mol. The summed E-state index contributed by atoms with van der Waals surface area (Å²) < 4.78 is 90.5. The smallest absolute Gasteiger partial charge is 0.245 e. The Bertz CT molecular complexity index is 7780. The fraction of sp³-hybridized carbons (Fsp3) is 0.305. The summed E-state index contributed by atoms with van der Waals surface area (Å²) in [6, 6.07) is 52.3. The van der Waals surface area contributed by atoms with Gasteiger partial charge in [0.05, 0.1) is 126 Å². The molecule has 144 heavy (non-hydrogen) atoms. The minimum atomic E-state index is -1.17. The van der Waals surface area contributed by atoms with Gasteiger partial charge < -0.3 is 41.9 Å². The number of thiophene rings is 6. The van der Waals surface area contributed by atoms with Crippen LogP contribution < -0.4 is 32.7 Å². The molecule has 0 spiro atoms. The fourth-order valence-electron chi connectivity index (χ4n) is 16.1. The molecule has 2 aliphatic rings. The van der Waals surface area contributed by atoms with Gasteiger partial charge in [0.15, 0.2) is 11.6 Å². The number of oxazole rings is 1. The van der Waals surface area contributed by atoms with Gasteiger partial charge in [0.25, 0.3) is 0 Å². The number of ether oxygens (including phenoxy) is 1. The summed E-state index contributed by atoms with van der Waals surface area (Å²) in [6.45, 7) is 27.3. The van der Waals surface area contributed by atoms with Crippen LogP contribution in [0.15, 0.2) is 223 Å². The van der Waals surface area contributed by atoms with Crippen LogP contribution in [0, 0.1) is 20.8 Å². The van der Waals surface area contributed by atoms with Crippen LogP contribution in [0.2, 0.25) is 0 Å². The van der Waals surface area contributed by atoms with Crippen molar-refractivity contribution in [1.29, 1.82) is 0 Å². The van der Waals surface area contributed by atoms with Crippen LogP contribution in [0.25, 0.3) is 139 Å². The maximum Gasteiger partial charge on any atom is 0.245 e. The SMILES string of the molecule is CC(C)S(=O)c1sc2nc(-c3ncco3)cc(-c3ccccc3)c2c1N.CCCCS(=O)c1cc2c(-c3ccccc3)nc(-c3ccccc3)nc2s1.CCCCS(=O)c1cc2c(N3CCCCC3)nc(-c3ccccc3)nc2s1.CCCS(=O)c1sc2nc(-c3nccs3)cc(C)c2c1N.CCCS(=O)c1sc2nc(N3CCOCC3)cc(C)c2c1N.Cc1cc(-c2nccs2)nc2sc(S(=O)C(C)C)c(N)c12. The quantitative estimate of drug-likeness (QED) is 0.0371. The zero-order valence-corrected chi connectivity index (χ0v) is 93.1. The second-order valence-corrected chi connectivity index (χ2v) is 53.9. The van der Waals surface area contributed by atoms with Gasteiger partial charge in [0.2, 0.25) is 5.89 Å². The number of unbranched alkanes of at least 4 members (excludes halogenated alkanes) is 2. The van der Waals surface area contributed by atoms with Crippen molar-refractivity contribution < 1.29 is 34.4 Å². The van der Waals surface area contributed by atoms with Gasteiger partial charge in [-0.15, -0.1) is 90.7 Å². The lowest BCUT2D eigenvalue weighted by Gasteiger charge is -2.28. The maximum atomic E-state index is 12.7. The second kappa shape index (κ2) is 49.8. The highest BCUT2D eigenvalue weighted by Crippen LogP contribution is 2.47. The Kier molecular flexibility index (Phi) is 36.8. The van der Waals surface area contributed by atoms with Crippen molar-refractivity contribution >= 4 is 251 Å². The van der Waals surface area contributed by atoms with E-state index in [4.69, 9.17) is 57.0 Å². The highest BCUT2D eigenvalue weighted by molar-refractivity contribution is 7.89. The number of rotatable bonds is 27. The van der Waals surface area contributed by atoms with Crippen molar-refractivity contribution in [3.8, 4) is 78.1 Å². The summed E-state index contributed by atoms with van der Waals surface area (Å²) in [5.41, 5.74) is 38.9. The Morgan fingerprint density at radius 3 is 1.28 bits per heavy atom. The monoisotopic (exact) mass is 2190 g/mol. The van der Waals surface area contributed by atoms with Crippen LogP contribution in [-0.4, -0.2) is 153 Å². The third kappa shape index (κ3) is 24.8. The Morgan fingerprint density at radius 2 is 0.819 bits per heavy atom. The molecule has 6 atom stereocenters. The fourth-order valence-corrected chi connectivity index (χ4v) is 33.4. The first kappa shape index (κ1) is 106. The molecular formula is C105H113N17O8S14. The Morgan fingerprint density at radius 1 is 0.389 bits per heavy atom. The molecular weight excluding hydrogens is 2080 g/mol. The topological polar surface area (TPSA) is 377 Å². The molecule has 0 aliphatic carbocycles. The van der Waals surface area contributed by atoms with Gasteiger partial charge in [0.1, 0.15) is 90.8 Å². The molecule has 21 rings (SSSR count). The molecule has 17 heterocycles. The largest absolute Gasteiger partial charge is 0.443 e. The number of nitrogen functional groups attached to an aromatic ring is 4. The zero-order chi connectivity index (χ0) is 101. The number of hydrogen-bond acceptors (Lipinski definition) is 33. The third-order valence-corrected chi connectivity index (χ3v) is 43.0. The number of nitrogens with zero attached hydrogens (tertiary/aromatic N) is 13. The number of pyridine rings is 4. The minimum absolute atomic E-state index is 0.0169. The second-order valence-electron chi connectivity index (χ2n) is 34.5. The van der Waals surface area contributed by atoms with Crippen LogP contribution >= 0.6 is 90.7 Å². The number of benzene rings is 4. The number of fused-ring (bicyclic) bond motifs is 6. The number of hydrogen-bond donors (Lipinski definition) is 4. The van der Waals surface area contributed by atoms with E-state index in [0.717, 1.165) is 255 Å². The number of piperidine rings is 1. The summed E-state index contributed by atoms with van der Waals surface area (Å²) >= 11 is 11.9. The lowest BCUT2D eigenvalue weighted by molar-refractivity contribution is 0.122. The van der Waals surface area contributed by atoms with Crippen LogP contribution in [-0.2, 0) is 69.5 Å². The molecule has 4 aromatic carbocycles. The van der Waals surface area contributed by atoms with Gasteiger partial charge in [-0.3, -0.25) is 25.3 Å². The molecule has 39 heteroatoms. The summed E-state index contributed by atoms with van der Waals surface area (Å²) in [5, 5.41) is 11.3. The molecule has 750 valence electrons. The number of aryl methyl sites for hydroxylation is 3. The van der Waals surface area contributed by atoms with E-state index in [-0.39, 0.29) is 10.5 Å². The van der Waals surface area contributed by atoms with Crippen LogP contribution in [0.4, 0.5) is 34.4 Å². The van der Waals surface area contributed by atoms with Crippen molar-refractivity contribution in [2.75, 3.05) is 95.1 Å². The summed E-state index contributed by atoms with van der Waals surface area (Å²) in [4.78, 5) is 60.7. The highest BCUT2D eigenvalue weighted by Gasteiger charge is 2.29. The van der Waals surface area contributed by atoms with Crippen LogP contribution in [0.5, 0.6) is 0 Å². The third-order valence-electron chi connectivity index (χ3n) is 23.3. The minimum Gasteiger partial charge on any atom is -0.443 e. The van der Waals surface area contributed by atoms with E-state index in [2.05, 4.69) is 89.9 Å². The van der Waals surface area contributed by atoms with Crippen molar-refractivity contribution in [2.24, 2.45) is 0 Å². The molecule has 6 unspecified atom stereocenters. The standard InChI is InChI=1S/C22H20N2OS2.C21H25N3OS2.C19H17N3O2S2.C15H21N3O2S2.2C14H15N3OS3/c1-2-3-14-27(25)19-15-18-20(16-10-6-4-7-11-16)23-21(24-22(18)26-19)17-12-8-5-9-13-17;1-2-3-14-27(25)18-15-17-20(24-12-8-5-9-13-24)22-19(23-21(17)26-18)16-10-6-4-7-11-16;1-11(2)26(23)19-16(20)15-13(12-6-4-3-5-7-12)10-14(22-18(15)25-19)17-21-8-9-24-17;1-3-8-22(19)15-13(16)12-10(2)9-11(17-14(12)21-15)18-4-6-20-7-5-18;1-7(2)21(18)14-11(15)10-8(3)6-9(17-13(10)20-14)12-16-4-5-19-12;1-3-6-21(18)14-11(15)10-8(2)7-9(17-13(10)20-14)12-16-4-5-19-12/h4-13,15H,2-3,14H2,1H3;4,6-7,10-11,15H,2-3,5,8-9,12-14H2,1H3;3-11H,20H2,1-2H3;9H,3-8,16H2,1-2H3;4-7H,15H2,1-3H3;4-5,7H,3,6,15H2,1-2H3. The molecule has 2 saturated heterocycles. The molecule has 0 bridgehead atoms. The normalized spacial score (nSPS) is 14.0. The molecule has 2 fully saturated rings. The zero-order valence-electron chi connectivity index (χ0n) is 81.7. The predicted octanol–water partition coefficient (Wildman–Crippen LogP) is 26.1. The molecule has 0 amide bonds. The molecule has 2 aliphatic heterocycles. The van der Waals surface area contributed by atoms with E-state index >= 15 is 0 Å². The molecule has 25 nitrogen and oxygen atoms in total. The van der Waals surface area contributed by atoms with Crippen molar-refractivity contribution in [3.05, 3.63) is 210 Å². The first-order valence-electron chi connectivity index (χ1n) is 47.6. The Balaban J connectivity index is 0.000000124. The van der Waals surface area contributed by atoms with E-state index in [0.29, 0.717) is 61.6 Å². The molecule has 15 aromatic heterocycles. The van der Waals surface area contributed by atoms with E-state index in [9.17, 15) is 25.3 Å². The Labute approximate surface area is 884 Å². The number of morpholine rings is 1. The first-order chi connectivity index (χ1) is 69.8. The molecule has 19 aromatic rings. The van der Waals surface area contributed by atoms with E-state index < -0.39 is 64.8 Å². The van der Waals surface area contributed by atoms with Gasteiger partial charge in [-0.05, 0) is 130 Å². The lowest BCUT2D eigenvalue weighted by Crippen LogP contribution is -2.36. The van der Waals surface area contributed by atoms with Crippen molar-refractivity contribution in [3.63, 3.8) is 0 Å². The summed E-state index contributed by atoms with van der Waals surface area (Å²) in [7, 11) is -6.26. The van der Waals surface area contributed by atoms with Gasteiger partial charge in [0, 0.05) is 126 Å². The number of anilines is 6. The summed E-state index contributed by atoms with van der Waals surface area (Å²) in [5.74, 6) is 6.58. The molecule has 8 N–H and O–H groups in total. The Hall–Kier alpha value is -10.5. The van der Waals surface area contributed by atoms with E-state index in [1.54, 1.807) is 52.6 Å². The van der Waals surface area contributed by atoms with Gasteiger partial charge in [-0.2, -0.15) is 0 Å². The lowest BCUT2D eigenvalue weighted by atomic mass is 10.0. The van der Waals surface area contributed by atoms with Crippen molar-refractivity contribution in [2.45, 2.75) is 170 Å². The predicted molar refractivity (Wildman–Crippen MR) is 612 cm³/mol. The van der Waals surface area contributed by atoms with Crippen LogP contribution in [0.1, 0.15) is 130 Å². The van der Waals surface area contributed by atoms with Gasteiger partial charge in [-0.25, -0.2) is 54.8 Å². The number of thiazole rings is 2.